The molecule has 1 atom stereocenters. The van der Waals surface area contributed by atoms with Crippen LogP contribution in [0.3, 0.4) is 0 Å². The molecular weight excluding hydrogens is 234 g/mol. The Balaban J connectivity index is 2.68. The molecule has 1 aromatic rings. The highest BCUT2D eigenvalue weighted by molar-refractivity contribution is 5.70. The maximum absolute atomic E-state index is 11.1. The van der Waals surface area contributed by atoms with Crippen LogP contribution in [0, 0.1) is 0 Å². The lowest BCUT2D eigenvalue weighted by atomic mass is 10.2. The molecule has 100 valence electrons. The van der Waals surface area contributed by atoms with Gasteiger partial charge in [0.1, 0.15) is 11.6 Å². The van der Waals surface area contributed by atoms with Crippen LogP contribution < -0.4 is 16.4 Å². The monoisotopic (exact) mass is 253 g/mol. The summed E-state index contributed by atoms with van der Waals surface area (Å²) >= 11 is 0. The summed E-state index contributed by atoms with van der Waals surface area (Å²) in [6.07, 6.45) is 0.261. The van der Waals surface area contributed by atoms with E-state index in [2.05, 4.69) is 25.3 Å². The van der Waals surface area contributed by atoms with Gasteiger partial charge in [-0.05, 0) is 13.8 Å². The van der Waals surface area contributed by atoms with E-state index in [1.807, 2.05) is 13.8 Å². The molecule has 0 aliphatic carbocycles. The average Bonchev–Trinajstić information content (AvgIpc) is 2.28. The lowest BCUT2D eigenvalue weighted by Gasteiger charge is -2.14. The maximum Gasteiger partial charge on any atom is 0.307 e. The minimum atomic E-state index is -0.274. The average molecular weight is 253 g/mol. The topological polar surface area (TPSA) is 102 Å². The van der Waals surface area contributed by atoms with E-state index in [1.54, 1.807) is 6.07 Å². The first kappa shape index (κ1) is 14.0. The Morgan fingerprint density at radius 2 is 2.17 bits per heavy atom. The van der Waals surface area contributed by atoms with Crippen molar-refractivity contribution >= 4 is 23.6 Å². The molecule has 0 aliphatic rings. The minimum Gasteiger partial charge on any atom is -0.469 e. The number of nitrogens with zero attached hydrogens (tertiary/aromatic N) is 2. The van der Waals surface area contributed by atoms with Crippen molar-refractivity contribution < 1.29 is 9.53 Å². The Hall–Kier alpha value is -2.05. The van der Waals surface area contributed by atoms with Crippen LogP contribution in [-0.2, 0) is 9.53 Å². The van der Waals surface area contributed by atoms with Gasteiger partial charge in [0.05, 0.1) is 13.5 Å². The Morgan fingerprint density at radius 1 is 1.50 bits per heavy atom. The van der Waals surface area contributed by atoms with Crippen molar-refractivity contribution in [2.24, 2.45) is 0 Å². The first-order chi connectivity index (χ1) is 8.55. The number of ether oxygens (including phenoxy) is 1. The van der Waals surface area contributed by atoms with Gasteiger partial charge in [-0.3, -0.25) is 4.79 Å². The summed E-state index contributed by atoms with van der Waals surface area (Å²) in [6.45, 7) is 4.57. The zero-order chi connectivity index (χ0) is 13.5. The van der Waals surface area contributed by atoms with Crippen LogP contribution >= 0.6 is 0 Å². The Kier molecular flexibility index (Phi) is 5.16. The van der Waals surface area contributed by atoms with Crippen molar-refractivity contribution in [2.45, 2.75) is 26.3 Å². The number of hydrogen-bond acceptors (Lipinski definition) is 7. The molecule has 7 nitrogen and oxygen atoms in total. The van der Waals surface area contributed by atoms with Gasteiger partial charge in [-0.15, -0.1) is 0 Å². The number of nitrogen functional groups attached to an aromatic ring is 1. The predicted molar refractivity (Wildman–Crippen MR) is 70.3 cm³/mol. The molecular formula is C11H19N5O2. The summed E-state index contributed by atoms with van der Waals surface area (Å²) in [5.74, 6) is 1.14. The lowest BCUT2D eigenvalue weighted by molar-refractivity contribution is -0.140. The summed E-state index contributed by atoms with van der Waals surface area (Å²) in [7, 11) is 1.36. The molecule has 0 saturated heterocycles. The Labute approximate surface area is 106 Å². The third-order valence-corrected chi connectivity index (χ3v) is 2.20. The van der Waals surface area contributed by atoms with Crippen LogP contribution in [-0.4, -0.2) is 35.6 Å². The lowest BCUT2D eigenvalue weighted by Crippen LogP contribution is -2.21. The van der Waals surface area contributed by atoms with E-state index in [9.17, 15) is 4.79 Å². The molecule has 18 heavy (non-hydrogen) atoms. The minimum absolute atomic E-state index is 0.0961. The van der Waals surface area contributed by atoms with E-state index >= 15 is 0 Å². The highest BCUT2D eigenvalue weighted by Crippen LogP contribution is 2.14. The summed E-state index contributed by atoms with van der Waals surface area (Å²) in [5, 5.41) is 6.13. The number of methoxy groups -OCH3 is 1. The summed E-state index contributed by atoms with van der Waals surface area (Å²) < 4.78 is 4.60. The molecule has 0 aliphatic heterocycles. The molecule has 4 N–H and O–H groups in total. The standard InChI is InChI=1S/C11H19N5O2/c1-4-13-8-6-9(16-11(12)15-8)14-7(2)5-10(17)18-3/h6-7H,4-5H2,1-3H3,(H4,12,13,14,15,16). The molecule has 1 unspecified atom stereocenters. The molecule has 7 heteroatoms. The van der Waals surface area contributed by atoms with Gasteiger partial charge in [-0.1, -0.05) is 0 Å². The number of nitrogens with one attached hydrogen (secondary N) is 2. The van der Waals surface area contributed by atoms with Crippen LogP contribution in [0.2, 0.25) is 0 Å². The predicted octanol–water partition coefficient (Wildman–Crippen LogP) is 0.854. The van der Waals surface area contributed by atoms with Crippen LogP contribution in [0.15, 0.2) is 6.07 Å². The molecule has 0 radical (unpaired) electrons. The number of anilines is 3. The molecule has 0 fully saturated rings. The third-order valence-electron chi connectivity index (χ3n) is 2.20. The Morgan fingerprint density at radius 3 is 2.78 bits per heavy atom. The number of carbonyl (C=O) groups is 1. The van der Waals surface area contributed by atoms with Gasteiger partial charge in [-0.25, -0.2) is 0 Å². The summed E-state index contributed by atoms with van der Waals surface area (Å²) in [5.41, 5.74) is 5.60. The summed E-state index contributed by atoms with van der Waals surface area (Å²) in [6, 6.07) is 1.65. The highest BCUT2D eigenvalue weighted by atomic mass is 16.5. The van der Waals surface area contributed by atoms with Crippen molar-refractivity contribution in [2.75, 3.05) is 30.0 Å². The number of nitrogens with two attached hydrogens (primary N) is 1. The Bertz CT molecular complexity index is 410. The van der Waals surface area contributed by atoms with E-state index in [0.717, 1.165) is 6.54 Å². The zero-order valence-corrected chi connectivity index (χ0v) is 10.9. The first-order valence-electron chi connectivity index (χ1n) is 5.77. The maximum atomic E-state index is 11.1. The normalized spacial score (nSPS) is 11.7. The van der Waals surface area contributed by atoms with Crippen LogP contribution in [0.4, 0.5) is 17.6 Å². The molecule has 1 rings (SSSR count). The molecule has 0 bridgehead atoms. The van der Waals surface area contributed by atoms with Gasteiger partial charge >= 0.3 is 5.97 Å². The number of esters is 1. The largest absolute Gasteiger partial charge is 0.469 e. The van der Waals surface area contributed by atoms with Crippen LogP contribution in [0.5, 0.6) is 0 Å². The van der Waals surface area contributed by atoms with E-state index < -0.39 is 0 Å². The van der Waals surface area contributed by atoms with Crippen LogP contribution in [0.1, 0.15) is 20.3 Å². The zero-order valence-electron chi connectivity index (χ0n) is 10.9. The van der Waals surface area contributed by atoms with Gasteiger partial charge in [0.2, 0.25) is 5.95 Å². The van der Waals surface area contributed by atoms with Crippen molar-refractivity contribution in [1.29, 1.82) is 0 Å². The molecule has 0 saturated carbocycles. The second-order valence-corrected chi connectivity index (χ2v) is 3.85. The van der Waals surface area contributed by atoms with E-state index in [1.165, 1.54) is 7.11 Å². The number of rotatable bonds is 6. The van der Waals surface area contributed by atoms with Gasteiger partial charge in [-0.2, -0.15) is 9.97 Å². The van der Waals surface area contributed by atoms with Crippen molar-refractivity contribution in [3.8, 4) is 0 Å². The van der Waals surface area contributed by atoms with Gasteiger partial charge < -0.3 is 21.1 Å². The van der Waals surface area contributed by atoms with Crippen molar-refractivity contribution in [3.63, 3.8) is 0 Å². The third kappa shape index (κ3) is 4.44. The second kappa shape index (κ2) is 6.63. The second-order valence-electron chi connectivity index (χ2n) is 3.85. The smallest absolute Gasteiger partial charge is 0.307 e. The van der Waals surface area contributed by atoms with Gasteiger partial charge in [0, 0.05) is 18.7 Å². The van der Waals surface area contributed by atoms with E-state index in [4.69, 9.17) is 5.73 Å². The SMILES string of the molecule is CCNc1cc(NC(C)CC(=O)OC)nc(N)n1. The molecule has 0 aromatic carbocycles. The van der Waals surface area contributed by atoms with Crippen molar-refractivity contribution in [3.05, 3.63) is 6.07 Å². The van der Waals surface area contributed by atoms with Gasteiger partial charge in [0.15, 0.2) is 0 Å². The van der Waals surface area contributed by atoms with Gasteiger partial charge in [0.25, 0.3) is 0 Å². The van der Waals surface area contributed by atoms with E-state index in [-0.39, 0.29) is 24.4 Å². The fourth-order valence-corrected chi connectivity index (χ4v) is 1.45. The quantitative estimate of drug-likeness (QED) is 0.646. The molecule has 1 aromatic heterocycles. The number of aromatic nitrogens is 2. The van der Waals surface area contributed by atoms with Crippen molar-refractivity contribution in [1.82, 2.24) is 9.97 Å². The highest BCUT2D eigenvalue weighted by Gasteiger charge is 2.10. The molecule has 0 spiro atoms. The van der Waals surface area contributed by atoms with Crippen LogP contribution in [0.25, 0.3) is 0 Å². The summed E-state index contributed by atoms with van der Waals surface area (Å²) in [4.78, 5) is 19.2. The fraction of sp³-hybridized carbons (Fsp3) is 0.545. The number of carbonyl (C=O) groups excluding carboxylic acids is 1. The molecule has 0 amide bonds. The first-order valence-corrected chi connectivity index (χ1v) is 5.77. The number of hydrogen-bond donors (Lipinski definition) is 3. The van der Waals surface area contributed by atoms with E-state index in [0.29, 0.717) is 11.6 Å². The molecule has 1 heterocycles. The fourth-order valence-electron chi connectivity index (χ4n) is 1.45.